The van der Waals surface area contributed by atoms with Gasteiger partial charge in [0.15, 0.2) is 0 Å². The molecule has 0 radical (unpaired) electrons. The number of piperidine rings is 1. The van der Waals surface area contributed by atoms with E-state index in [0.717, 1.165) is 44.4 Å². The van der Waals surface area contributed by atoms with E-state index in [1.165, 1.54) is 19.3 Å². The molecule has 4 rings (SSSR count). The van der Waals surface area contributed by atoms with Gasteiger partial charge < -0.3 is 10.2 Å². The first-order valence-corrected chi connectivity index (χ1v) is 8.06. The Kier molecular flexibility index (Phi) is 2.41. The normalized spacial score (nSPS) is 46.8. The highest BCUT2D eigenvalue weighted by Crippen LogP contribution is 2.62. The van der Waals surface area contributed by atoms with E-state index in [1.54, 1.807) is 0 Å². The summed E-state index contributed by atoms with van der Waals surface area (Å²) >= 11 is 0. The third kappa shape index (κ3) is 1.51. The standard InChI is InChI=1S/C16H26N2O/c1-15(2)12-8-18(9-13(12)15)14(19)16-6-4-3-5-11(16)7-17-10-16/h11-13,17H,3-10H2,1-2H3/t11-,12?,13?,16+/m0/s1. The van der Waals surface area contributed by atoms with Crippen molar-refractivity contribution >= 4 is 5.91 Å². The molecule has 3 heteroatoms. The number of nitrogens with zero attached hydrogens (tertiary/aromatic N) is 1. The molecule has 0 spiro atoms. The number of hydrogen-bond donors (Lipinski definition) is 1. The first kappa shape index (κ1) is 12.2. The van der Waals surface area contributed by atoms with E-state index in [0.29, 0.717) is 17.2 Å². The molecule has 19 heavy (non-hydrogen) atoms. The van der Waals surface area contributed by atoms with E-state index in [4.69, 9.17) is 0 Å². The van der Waals surface area contributed by atoms with Crippen molar-refractivity contribution in [3.05, 3.63) is 0 Å². The zero-order valence-corrected chi connectivity index (χ0v) is 12.2. The maximum atomic E-state index is 13.1. The Morgan fingerprint density at radius 2 is 1.95 bits per heavy atom. The van der Waals surface area contributed by atoms with Crippen LogP contribution in [0, 0.1) is 28.6 Å². The highest BCUT2D eigenvalue weighted by Gasteiger charge is 2.64. The maximum Gasteiger partial charge on any atom is 0.230 e. The molecule has 1 amide bonds. The summed E-state index contributed by atoms with van der Waals surface area (Å²) in [6, 6.07) is 0. The number of carbonyl (C=O) groups is 1. The van der Waals surface area contributed by atoms with Crippen LogP contribution < -0.4 is 5.32 Å². The van der Waals surface area contributed by atoms with Gasteiger partial charge >= 0.3 is 0 Å². The molecule has 3 nitrogen and oxygen atoms in total. The molecule has 2 saturated heterocycles. The number of rotatable bonds is 1. The van der Waals surface area contributed by atoms with Crippen molar-refractivity contribution in [2.75, 3.05) is 26.2 Å². The van der Waals surface area contributed by atoms with E-state index >= 15 is 0 Å². The van der Waals surface area contributed by atoms with Crippen LogP contribution in [0.15, 0.2) is 0 Å². The van der Waals surface area contributed by atoms with Gasteiger partial charge in [0.1, 0.15) is 0 Å². The molecular formula is C16H26N2O. The molecular weight excluding hydrogens is 236 g/mol. The molecule has 4 aliphatic rings. The Balaban J connectivity index is 1.52. The molecule has 1 N–H and O–H groups in total. The van der Waals surface area contributed by atoms with Crippen LogP contribution in [-0.4, -0.2) is 37.0 Å². The second kappa shape index (κ2) is 3.75. The Morgan fingerprint density at radius 1 is 1.21 bits per heavy atom. The minimum absolute atomic E-state index is 0.0286. The molecule has 2 saturated carbocycles. The van der Waals surface area contributed by atoms with Crippen LogP contribution in [0.3, 0.4) is 0 Å². The van der Waals surface area contributed by atoms with Gasteiger partial charge in [-0.25, -0.2) is 0 Å². The third-order valence-electron chi connectivity index (χ3n) is 6.87. The number of hydrogen-bond acceptors (Lipinski definition) is 2. The molecule has 0 aromatic carbocycles. The highest BCUT2D eigenvalue weighted by molar-refractivity contribution is 5.84. The summed E-state index contributed by atoms with van der Waals surface area (Å²) in [5.41, 5.74) is 0.480. The highest BCUT2D eigenvalue weighted by atomic mass is 16.2. The van der Waals surface area contributed by atoms with Crippen molar-refractivity contribution in [3.63, 3.8) is 0 Å². The number of carbonyl (C=O) groups excluding carboxylic acids is 1. The number of amides is 1. The predicted molar refractivity (Wildman–Crippen MR) is 74.6 cm³/mol. The molecule has 0 bridgehead atoms. The van der Waals surface area contributed by atoms with Crippen molar-refractivity contribution < 1.29 is 4.79 Å². The number of fused-ring (bicyclic) bond motifs is 2. The lowest BCUT2D eigenvalue weighted by Crippen LogP contribution is -2.50. The average Bonchev–Trinajstić information content (AvgIpc) is 2.90. The van der Waals surface area contributed by atoms with Gasteiger partial charge in [-0.05, 0) is 42.6 Å². The molecule has 4 atom stereocenters. The van der Waals surface area contributed by atoms with Gasteiger partial charge in [0.2, 0.25) is 5.91 Å². The average molecular weight is 262 g/mol. The fourth-order valence-electron chi connectivity index (χ4n) is 5.28. The molecule has 0 aromatic heterocycles. The number of likely N-dealkylation sites (tertiary alicyclic amines) is 1. The topological polar surface area (TPSA) is 32.3 Å². The third-order valence-corrected chi connectivity index (χ3v) is 6.87. The van der Waals surface area contributed by atoms with Gasteiger partial charge in [-0.1, -0.05) is 26.7 Å². The van der Waals surface area contributed by atoms with E-state index in [9.17, 15) is 4.79 Å². The fourth-order valence-corrected chi connectivity index (χ4v) is 5.28. The lowest BCUT2D eigenvalue weighted by molar-refractivity contribution is -0.145. The largest absolute Gasteiger partial charge is 0.342 e. The summed E-state index contributed by atoms with van der Waals surface area (Å²) in [5.74, 6) is 2.66. The van der Waals surface area contributed by atoms with E-state index < -0.39 is 0 Å². The fraction of sp³-hybridized carbons (Fsp3) is 0.938. The minimum atomic E-state index is -0.0286. The first-order chi connectivity index (χ1) is 9.06. The summed E-state index contributed by atoms with van der Waals surface area (Å²) < 4.78 is 0. The van der Waals surface area contributed by atoms with Crippen molar-refractivity contribution in [2.24, 2.45) is 28.6 Å². The summed E-state index contributed by atoms with van der Waals surface area (Å²) in [5, 5.41) is 3.50. The Hall–Kier alpha value is -0.570. The lowest BCUT2D eigenvalue weighted by Gasteiger charge is -2.40. The van der Waals surface area contributed by atoms with E-state index in [-0.39, 0.29) is 5.41 Å². The monoisotopic (exact) mass is 262 g/mol. The van der Waals surface area contributed by atoms with Crippen LogP contribution in [0.2, 0.25) is 0 Å². The second-order valence-electron chi connectivity index (χ2n) is 7.97. The summed E-state index contributed by atoms with van der Waals surface area (Å²) in [4.78, 5) is 15.3. The van der Waals surface area contributed by atoms with E-state index in [2.05, 4.69) is 24.1 Å². The van der Waals surface area contributed by atoms with Gasteiger partial charge in [-0.15, -0.1) is 0 Å². The van der Waals surface area contributed by atoms with Crippen LogP contribution in [0.4, 0.5) is 0 Å². The van der Waals surface area contributed by atoms with Crippen LogP contribution in [0.5, 0.6) is 0 Å². The maximum absolute atomic E-state index is 13.1. The molecule has 2 aliphatic heterocycles. The molecule has 106 valence electrons. The van der Waals surface area contributed by atoms with E-state index in [1.807, 2.05) is 0 Å². The minimum Gasteiger partial charge on any atom is -0.342 e. The molecule has 4 fully saturated rings. The van der Waals surface area contributed by atoms with Gasteiger partial charge in [-0.3, -0.25) is 4.79 Å². The van der Waals surface area contributed by atoms with Crippen LogP contribution >= 0.6 is 0 Å². The summed E-state index contributed by atoms with van der Waals surface area (Å²) in [7, 11) is 0. The first-order valence-electron chi connectivity index (χ1n) is 8.06. The Morgan fingerprint density at radius 3 is 2.68 bits per heavy atom. The van der Waals surface area contributed by atoms with Crippen LogP contribution in [-0.2, 0) is 4.79 Å². The van der Waals surface area contributed by atoms with Crippen molar-refractivity contribution in [3.8, 4) is 0 Å². The van der Waals surface area contributed by atoms with Gasteiger partial charge in [0.25, 0.3) is 0 Å². The quantitative estimate of drug-likeness (QED) is 0.782. The summed E-state index contributed by atoms with van der Waals surface area (Å²) in [6.07, 6.45) is 4.94. The summed E-state index contributed by atoms with van der Waals surface area (Å²) in [6.45, 7) is 8.80. The Labute approximate surface area is 116 Å². The van der Waals surface area contributed by atoms with Crippen molar-refractivity contribution in [1.82, 2.24) is 10.2 Å². The lowest BCUT2D eigenvalue weighted by atomic mass is 9.67. The van der Waals surface area contributed by atoms with Crippen molar-refractivity contribution in [1.29, 1.82) is 0 Å². The SMILES string of the molecule is CC1(C)C2CN(C(=O)[C@@]34CCCC[C@H]3CNC4)CC21. The molecule has 2 aliphatic carbocycles. The molecule has 0 aromatic rings. The van der Waals surface area contributed by atoms with Gasteiger partial charge in [0.05, 0.1) is 5.41 Å². The molecule has 2 heterocycles. The smallest absolute Gasteiger partial charge is 0.230 e. The van der Waals surface area contributed by atoms with Gasteiger partial charge in [0, 0.05) is 19.6 Å². The molecule has 2 unspecified atom stereocenters. The van der Waals surface area contributed by atoms with Gasteiger partial charge in [-0.2, -0.15) is 0 Å². The zero-order valence-electron chi connectivity index (χ0n) is 12.2. The predicted octanol–water partition coefficient (Wildman–Crippen LogP) is 1.88. The Bertz CT molecular complexity index is 405. The van der Waals surface area contributed by atoms with Crippen LogP contribution in [0.1, 0.15) is 39.5 Å². The van der Waals surface area contributed by atoms with Crippen LogP contribution in [0.25, 0.3) is 0 Å². The number of nitrogens with one attached hydrogen (secondary N) is 1. The van der Waals surface area contributed by atoms with Crippen molar-refractivity contribution in [2.45, 2.75) is 39.5 Å². The zero-order chi connectivity index (χ0) is 13.3. The second-order valence-corrected chi connectivity index (χ2v) is 7.97.